The molecule has 0 aliphatic carbocycles. The lowest BCUT2D eigenvalue weighted by molar-refractivity contribution is 0.406. The minimum Gasteiger partial charge on any atom is -0.507 e. The first-order chi connectivity index (χ1) is 8.29. The minimum absolute atomic E-state index is 0.241. The zero-order valence-corrected chi connectivity index (χ0v) is 10.5. The van der Waals surface area contributed by atoms with Crippen molar-refractivity contribution >= 4 is 16.8 Å². The Morgan fingerprint density at radius 2 is 2.29 bits per heavy atom. The first-order valence-corrected chi connectivity index (χ1v) is 6.45. The first-order valence-electron chi connectivity index (χ1n) is 5.46. The molecule has 0 fully saturated rings. The SMILES string of the molecule is COc1ccc(CN=C2CC=CCS2)c(O)c1. The molecule has 3 nitrogen and oxygen atoms in total. The van der Waals surface area contributed by atoms with Crippen molar-refractivity contribution in [3.63, 3.8) is 0 Å². The second-order valence-electron chi connectivity index (χ2n) is 3.69. The highest BCUT2D eigenvalue weighted by atomic mass is 32.2. The fourth-order valence-electron chi connectivity index (χ4n) is 1.54. The number of hydrogen-bond acceptors (Lipinski definition) is 4. The minimum atomic E-state index is 0.241. The molecule has 1 aromatic rings. The number of thioether (sulfide) groups is 1. The summed E-state index contributed by atoms with van der Waals surface area (Å²) in [7, 11) is 1.58. The van der Waals surface area contributed by atoms with Gasteiger partial charge in [0.2, 0.25) is 0 Å². The number of phenolic OH excluding ortho intramolecular Hbond substituents is 1. The average molecular weight is 249 g/mol. The lowest BCUT2D eigenvalue weighted by Gasteiger charge is -2.08. The normalized spacial score (nSPS) is 17.4. The van der Waals surface area contributed by atoms with E-state index in [9.17, 15) is 5.11 Å². The molecule has 0 spiro atoms. The fourth-order valence-corrected chi connectivity index (χ4v) is 2.34. The van der Waals surface area contributed by atoms with Crippen LogP contribution >= 0.6 is 11.8 Å². The van der Waals surface area contributed by atoms with E-state index in [4.69, 9.17) is 4.74 Å². The maximum absolute atomic E-state index is 9.78. The fraction of sp³-hybridized carbons (Fsp3) is 0.308. The third-order valence-corrected chi connectivity index (χ3v) is 3.51. The van der Waals surface area contributed by atoms with Crippen LogP contribution in [0.1, 0.15) is 12.0 Å². The number of methoxy groups -OCH3 is 1. The number of phenols is 1. The van der Waals surface area contributed by atoms with Crippen LogP contribution in [0.5, 0.6) is 11.5 Å². The Hall–Kier alpha value is -1.42. The highest BCUT2D eigenvalue weighted by molar-refractivity contribution is 8.14. The molecule has 0 unspecified atom stereocenters. The molecule has 0 amide bonds. The average Bonchev–Trinajstić information content (AvgIpc) is 2.38. The van der Waals surface area contributed by atoms with Crippen LogP contribution < -0.4 is 4.74 Å². The van der Waals surface area contributed by atoms with Crippen molar-refractivity contribution < 1.29 is 9.84 Å². The van der Waals surface area contributed by atoms with Crippen molar-refractivity contribution in [2.45, 2.75) is 13.0 Å². The summed E-state index contributed by atoms with van der Waals surface area (Å²) in [4.78, 5) is 4.50. The second-order valence-corrected chi connectivity index (χ2v) is 4.78. The third-order valence-electron chi connectivity index (χ3n) is 2.52. The van der Waals surface area contributed by atoms with E-state index >= 15 is 0 Å². The molecule has 1 aliphatic rings. The molecule has 17 heavy (non-hydrogen) atoms. The Morgan fingerprint density at radius 1 is 1.41 bits per heavy atom. The van der Waals surface area contributed by atoms with Crippen LogP contribution in [-0.4, -0.2) is 23.0 Å². The highest BCUT2D eigenvalue weighted by Crippen LogP contribution is 2.24. The predicted octanol–water partition coefficient (Wildman–Crippen LogP) is 2.99. The third kappa shape index (κ3) is 3.27. The van der Waals surface area contributed by atoms with E-state index in [1.54, 1.807) is 24.9 Å². The summed E-state index contributed by atoms with van der Waals surface area (Å²) in [5, 5.41) is 10.9. The van der Waals surface area contributed by atoms with Gasteiger partial charge in [0.25, 0.3) is 0 Å². The van der Waals surface area contributed by atoms with Crippen LogP contribution in [0.25, 0.3) is 0 Å². The number of aliphatic imine (C=N–C) groups is 1. The molecule has 0 saturated carbocycles. The lowest BCUT2D eigenvalue weighted by atomic mass is 10.2. The lowest BCUT2D eigenvalue weighted by Crippen LogP contribution is -1.97. The summed E-state index contributed by atoms with van der Waals surface area (Å²) in [5.74, 6) is 1.90. The van der Waals surface area contributed by atoms with Crippen LogP contribution in [0.4, 0.5) is 0 Å². The molecule has 0 radical (unpaired) electrons. The molecule has 1 aromatic carbocycles. The van der Waals surface area contributed by atoms with Gasteiger partial charge in [-0.3, -0.25) is 4.99 Å². The largest absolute Gasteiger partial charge is 0.507 e. The van der Waals surface area contributed by atoms with Crippen LogP contribution in [-0.2, 0) is 6.54 Å². The molecule has 0 saturated heterocycles. The van der Waals surface area contributed by atoms with E-state index in [0.717, 1.165) is 22.8 Å². The maximum Gasteiger partial charge on any atom is 0.124 e. The predicted molar refractivity (Wildman–Crippen MR) is 72.0 cm³/mol. The van der Waals surface area contributed by atoms with Gasteiger partial charge in [0.05, 0.1) is 18.7 Å². The summed E-state index contributed by atoms with van der Waals surface area (Å²) < 4.78 is 5.04. The van der Waals surface area contributed by atoms with E-state index in [1.165, 1.54) is 0 Å². The van der Waals surface area contributed by atoms with Gasteiger partial charge < -0.3 is 9.84 Å². The van der Waals surface area contributed by atoms with Gasteiger partial charge >= 0.3 is 0 Å². The second kappa shape index (κ2) is 5.77. The smallest absolute Gasteiger partial charge is 0.124 e. The van der Waals surface area contributed by atoms with Crippen LogP contribution in [0.2, 0.25) is 0 Å². The Morgan fingerprint density at radius 3 is 2.94 bits per heavy atom. The molecule has 0 atom stereocenters. The molecular formula is C13H15NO2S. The zero-order chi connectivity index (χ0) is 12.1. The zero-order valence-electron chi connectivity index (χ0n) is 9.72. The van der Waals surface area contributed by atoms with E-state index < -0.39 is 0 Å². The molecule has 1 N–H and O–H groups in total. The van der Waals surface area contributed by atoms with Crippen molar-refractivity contribution in [3.8, 4) is 11.5 Å². The first kappa shape index (κ1) is 12.0. The molecule has 1 heterocycles. The molecule has 2 rings (SSSR count). The highest BCUT2D eigenvalue weighted by Gasteiger charge is 2.05. The Balaban J connectivity index is 2.06. The summed E-state index contributed by atoms with van der Waals surface area (Å²) >= 11 is 1.75. The molecular weight excluding hydrogens is 234 g/mol. The summed E-state index contributed by atoms with van der Waals surface area (Å²) in [6.45, 7) is 0.520. The summed E-state index contributed by atoms with van der Waals surface area (Å²) in [6, 6.07) is 5.30. The van der Waals surface area contributed by atoms with Crippen molar-refractivity contribution in [3.05, 3.63) is 35.9 Å². The van der Waals surface area contributed by atoms with Crippen molar-refractivity contribution in [2.75, 3.05) is 12.9 Å². The van der Waals surface area contributed by atoms with Crippen LogP contribution in [0, 0.1) is 0 Å². The Labute approximate surface area is 105 Å². The van der Waals surface area contributed by atoms with Crippen molar-refractivity contribution in [2.24, 2.45) is 4.99 Å². The van der Waals surface area contributed by atoms with E-state index in [2.05, 4.69) is 17.1 Å². The number of benzene rings is 1. The van der Waals surface area contributed by atoms with Gasteiger partial charge in [-0.15, -0.1) is 11.8 Å². The maximum atomic E-state index is 9.78. The van der Waals surface area contributed by atoms with Gasteiger partial charge in [-0.2, -0.15) is 0 Å². The van der Waals surface area contributed by atoms with Gasteiger partial charge in [0, 0.05) is 23.8 Å². The number of ether oxygens (including phenoxy) is 1. The van der Waals surface area contributed by atoms with Crippen molar-refractivity contribution in [1.82, 2.24) is 0 Å². The standard InChI is InChI=1S/C13H15NO2S/c1-16-11-6-5-10(12(15)8-11)9-14-13-4-2-3-7-17-13/h2-3,5-6,8,15H,4,7,9H2,1H3. The Bertz CT molecular complexity index is 455. The number of nitrogens with zero attached hydrogens (tertiary/aromatic N) is 1. The van der Waals surface area contributed by atoms with Gasteiger partial charge in [-0.05, 0) is 12.1 Å². The molecule has 90 valence electrons. The van der Waals surface area contributed by atoms with E-state index in [1.807, 2.05) is 12.1 Å². The number of rotatable bonds is 3. The molecule has 0 bridgehead atoms. The number of allylic oxidation sites excluding steroid dienone is 1. The van der Waals surface area contributed by atoms with Gasteiger partial charge in [-0.25, -0.2) is 0 Å². The van der Waals surface area contributed by atoms with Crippen LogP contribution in [0.3, 0.4) is 0 Å². The van der Waals surface area contributed by atoms with Gasteiger partial charge in [0.1, 0.15) is 11.5 Å². The molecule has 1 aliphatic heterocycles. The number of aromatic hydroxyl groups is 1. The topological polar surface area (TPSA) is 41.8 Å². The van der Waals surface area contributed by atoms with Gasteiger partial charge in [-0.1, -0.05) is 12.2 Å². The van der Waals surface area contributed by atoms with E-state index in [0.29, 0.717) is 12.3 Å². The van der Waals surface area contributed by atoms with Gasteiger partial charge in [0.15, 0.2) is 0 Å². The molecule has 0 aromatic heterocycles. The monoisotopic (exact) mass is 249 g/mol. The molecule has 4 heteroatoms. The summed E-state index contributed by atoms with van der Waals surface area (Å²) in [5.41, 5.74) is 0.827. The quantitative estimate of drug-likeness (QED) is 0.837. The van der Waals surface area contributed by atoms with Crippen molar-refractivity contribution in [1.29, 1.82) is 0 Å². The van der Waals surface area contributed by atoms with E-state index in [-0.39, 0.29) is 5.75 Å². The van der Waals surface area contributed by atoms with Crippen LogP contribution in [0.15, 0.2) is 35.3 Å². The summed E-state index contributed by atoms with van der Waals surface area (Å²) in [6.07, 6.45) is 5.18. The number of hydrogen-bond donors (Lipinski definition) is 1. The Kier molecular flexibility index (Phi) is 4.09.